The van der Waals surface area contributed by atoms with Gasteiger partial charge in [-0.15, -0.1) is 0 Å². The Hall–Kier alpha value is -0.670. The molecular weight excluding hydrogens is 254 g/mol. The zero-order valence-electron chi connectivity index (χ0n) is 12.9. The zero-order valence-corrected chi connectivity index (χ0v) is 13.7. The van der Waals surface area contributed by atoms with Crippen LogP contribution in [0.15, 0.2) is 12.1 Å². The van der Waals surface area contributed by atoms with Crippen molar-refractivity contribution in [2.75, 3.05) is 18.6 Å². The minimum Gasteiger partial charge on any atom is -0.493 e. The van der Waals surface area contributed by atoms with Gasteiger partial charge in [0.25, 0.3) is 0 Å². The normalized spacial score (nSPS) is 11.1. The highest BCUT2D eigenvalue weighted by molar-refractivity contribution is 7.98. The molecule has 0 aliphatic rings. The molecule has 108 valence electrons. The molecule has 3 heteroatoms. The quantitative estimate of drug-likeness (QED) is 0.729. The summed E-state index contributed by atoms with van der Waals surface area (Å²) in [5.41, 5.74) is 3.81. The average Bonchev–Trinajstić information content (AvgIpc) is 2.34. The fourth-order valence-corrected chi connectivity index (χ4v) is 2.48. The summed E-state index contributed by atoms with van der Waals surface area (Å²) in [4.78, 5) is 0. The molecule has 0 aliphatic heterocycles. The van der Waals surface area contributed by atoms with E-state index >= 15 is 0 Å². The zero-order chi connectivity index (χ0) is 14.3. The lowest BCUT2D eigenvalue weighted by Gasteiger charge is -2.15. The van der Waals surface area contributed by atoms with E-state index in [0.29, 0.717) is 6.04 Å². The molecule has 0 aliphatic carbocycles. The summed E-state index contributed by atoms with van der Waals surface area (Å²) in [5, 5.41) is 3.45. The summed E-state index contributed by atoms with van der Waals surface area (Å²) in [6, 6.07) is 4.97. The van der Waals surface area contributed by atoms with Crippen LogP contribution in [0.4, 0.5) is 0 Å². The highest BCUT2D eigenvalue weighted by atomic mass is 32.2. The van der Waals surface area contributed by atoms with Gasteiger partial charge in [-0.1, -0.05) is 26.0 Å². The van der Waals surface area contributed by atoms with Crippen LogP contribution in [0.1, 0.15) is 37.0 Å². The molecule has 19 heavy (non-hydrogen) atoms. The molecule has 1 aromatic carbocycles. The smallest absolute Gasteiger partial charge is 0.125 e. The maximum atomic E-state index is 5.92. The van der Waals surface area contributed by atoms with Crippen molar-refractivity contribution in [3.63, 3.8) is 0 Å². The molecule has 1 rings (SSSR count). The maximum absolute atomic E-state index is 5.92. The monoisotopic (exact) mass is 281 g/mol. The Morgan fingerprint density at radius 1 is 1.21 bits per heavy atom. The topological polar surface area (TPSA) is 21.3 Å². The summed E-state index contributed by atoms with van der Waals surface area (Å²) in [5.74, 6) is 2.23. The predicted octanol–water partition coefficient (Wildman–Crippen LogP) is 3.93. The molecule has 2 nitrogen and oxygen atoms in total. The van der Waals surface area contributed by atoms with E-state index in [4.69, 9.17) is 4.74 Å². The third kappa shape index (κ3) is 5.87. The number of hydrogen-bond donors (Lipinski definition) is 1. The molecule has 0 unspecified atom stereocenters. The Kier molecular flexibility index (Phi) is 7.32. The van der Waals surface area contributed by atoms with Gasteiger partial charge < -0.3 is 10.1 Å². The van der Waals surface area contributed by atoms with Crippen LogP contribution in [0.5, 0.6) is 5.75 Å². The molecule has 0 saturated carbocycles. The van der Waals surface area contributed by atoms with E-state index in [9.17, 15) is 0 Å². The second kappa shape index (κ2) is 8.49. The van der Waals surface area contributed by atoms with Crippen molar-refractivity contribution in [1.29, 1.82) is 0 Å². The van der Waals surface area contributed by atoms with E-state index in [1.54, 1.807) is 0 Å². The number of ether oxygens (including phenoxy) is 1. The number of hydrogen-bond acceptors (Lipinski definition) is 3. The van der Waals surface area contributed by atoms with Crippen molar-refractivity contribution in [2.24, 2.45) is 0 Å². The van der Waals surface area contributed by atoms with Gasteiger partial charge in [0.05, 0.1) is 6.61 Å². The lowest BCUT2D eigenvalue weighted by Crippen LogP contribution is -2.21. The summed E-state index contributed by atoms with van der Waals surface area (Å²) >= 11 is 1.87. The number of benzene rings is 1. The van der Waals surface area contributed by atoms with E-state index in [0.717, 1.165) is 31.1 Å². The van der Waals surface area contributed by atoms with Crippen molar-refractivity contribution >= 4 is 11.8 Å². The van der Waals surface area contributed by atoms with Crippen molar-refractivity contribution in [3.05, 3.63) is 28.8 Å². The number of thioether (sulfide) groups is 1. The van der Waals surface area contributed by atoms with Crippen LogP contribution in [0, 0.1) is 13.8 Å². The molecule has 0 aromatic heterocycles. The van der Waals surface area contributed by atoms with Crippen molar-refractivity contribution in [2.45, 2.75) is 46.7 Å². The van der Waals surface area contributed by atoms with Crippen molar-refractivity contribution in [1.82, 2.24) is 5.32 Å². The molecule has 0 fully saturated rings. The van der Waals surface area contributed by atoms with E-state index in [2.05, 4.69) is 51.4 Å². The van der Waals surface area contributed by atoms with Crippen LogP contribution >= 0.6 is 11.8 Å². The van der Waals surface area contributed by atoms with Crippen LogP contribution < -0.4 is 10.1 Å². The molecule has 1 aromatic rings. The summed E-state index contributed by atoms with van der Waals surface area (Å²) in [6.45, 7) is 10.3. The molecule has 0 atom stereocenters. The maximum Gasteiger partial charge on any atom is 0.125 e. The van der Waals surface area contributed by atoms with E-state index < -0.39 is 0 Å². The number of aryl methyl sites for hydroxylation is 2. The fourth-order valence-electron chi connectivity index (χ4n) is 2.07. The van der Waals surface area contributed by atoms with Crippen LogP contribution in [-0.2, 0) is 6.54 Å². The molecule has 0 amide bonds. The first-order valence-corrected chi connectivity index (χ1v) is 8.39. The van der Waals surface area contributed by atoms with Crippen LogP contribution in [0.2, 0.25) is 0 Å². The first kappa shape index (κ1) is 16.4. The first-order chi connectivity index (χ1) is 9.04. The largest absolute Gasteiger partial charge is 0.493 e. The van der Waals surface area contributed by atoms with Crippen LogP contribution in [-0.4, -0.2) is 24.7 Å². The van der Waals surface area contributed by atoms with Crippen molar-refractivity contribution < 1.29 is 4.74 Å². The van der Waals surface area contributed by atoms with Crippen LogP contribution in [0.3, 0.4) is 0 Å². The molecule has 1 N–H and O–H groups in total. The third-order valence-corrected chi connectivity index (χ3v) is 3.67. The Balaban J connectivity index is 2.63. The van der Waals surface area contributed by atoms with Crippen LogP contribution in [0.25, 0.3) is 0 Å². The number of nitrogens with one attached hydrogen (secondary N) is 1. The Morgan fingerprint density at radius 2 is 1.84 bits per heavy atom. The lowest BCUT2D eigenvalue weighted by atomic mass is 10.1. The average molecular weight is 281 g/mol. The minimum absolute atomic E-state index is 0.517. The van der Waals surface area contributed by atoms with Gasteiger partial charge in [0.15, 0.2) is 0 Å². The third-order valence-electron chi connectivity index (χ3n) is 2.97. The fraction of sp³-hybridized carbons (Fsp3) is 0.625. The summed E-state index contributed by atoms with van der Waals surface area (Å²) < 4.78 is 5.92. The van der Waals surface area contributed by atoms with E-state index in [1.165, 1.54) is 16.7 Å². The van der Waals surface area contributed by atoms with Gasteiger partial charge >= 0.3 is 0 Å². The number of rotatable bonds is 8. The second-order valence-electron chi connectivity index (χ2n) is 5.29. The van der Waals surface area contributed by atoms with E-state index in [1.807, 2.05) is 11.8 Å². The predicted molar refractivity (Wildman–Crippen MR) is 86.4 cm³/mol. The van der Waals surface area contributed by atoms with Crippen molar-refractivity contribution in [3.8, 4) is 5.75 Å². The van der Waals surface area contributed by atoms with Gasteiger partial charge in [-0.3, -0.25) is 0 Å². The Bertz CT molecular complexity index is 367. The SMILES string of the molecule is CSCCCOc1c(C)cc(CNC(C)C)cc1C. The van der Waals surface area contributed by atoms with Gasteiger partial charge in [0.2, 0.25) is 0 Å². The first-order valence-electron chi connectivity index (χ1n) is 6.99. The van der Waals surface area contributed by atoms with E-state index in [-0.39, 0.29) is 0 Å². The van der Waals surface area contributed by atoms with Gasteiger partial charge in [-0.2, -0.15) is 11.8 Å². The Morgan fingerprint density at radius 3 is 2.37 bits per heavy atom. The molecule has 0 radical (unpaired) electrons. The Labute approximate surface area is 122 Å². The molecule has 0 saturated heterocycles. The van der Waals surface area contributed by atoms with Gasteiger partial charge in [0.1, 0.15) is 5.75 Å². The molecular formula is C16H27NOS. The minimum atomic E-state index is 0.517. The highest BCUT2D eigenvalue weighted by Gasteiger charge is 2.06. The summed E-state index contributed by atoms with van der Waals surface area (Å²) in [7, 11) is 0. The molecule has 0 bridgehead atoms. The standard InChI is InChI=1S/C16H27NOS/c1-12(2)17-11-15-9-13(3)16(14(4)10-15)18-7-6-8-19-5/h9-10,12,17H,6-8,11H2,1-5H3. The highest BCUT2D eigenvalue weighted by Crippen LogP contribution is 2.25. The lowest BCUT2D eigenvalue weighted by molar-refractivity contribution is 0.314. The molecule has 0 spiro atoms. The molecule has 0 heterocycles. The van der Waals surface area contributed by atoms with Gasteiger partial charge in [0, 0.05) is 12.6 Å². The van der Waals surface area contributed by atoms with Gasteiger partial charge in [-0.25, -0.2) is 0 Å². The second-order valence-corrected chi connectivity index (χ2v) is 6.27. The van der Waals surface area contributed by atoms with Gasteiger partial charge in [-0.05, 0) is 49.0 Å². The summed E-state index contributed by atoms with van der Waals surface area (Å²) in [6.07, 6.45) is 3.24.